The van der Waals surface area contributed by atoms with E-state index in [9.17, 15) is 4.79 Å². The predicted octanol–water partition coefficient (Wildman–Crippen LogP) is 1.10. The van der Waals surface area contributed by atoms with E-state index in [-0.39, 0.29) is 12.4 Å². The first-order valence-corrected chi connectivity index (χ1v) is 6.97. The maximum Gasteiger partial charge on any atom is 0.236 e. The van der Waals surface area contributed by atoms with Gasteiger partial charge in [0.05, 0.1) is 6.54 Å². The quantitative estimate of drug-likeness (QED) is 0.838. The Hall–Kier alpha value is -0.320. The summed E-state index contributed by atoms with van der Waals surface area (Å²) in [4.78, 5) is 16.4. The number of halogens is 1. The zero-order valence-electron chi connectivity index (χ0n) is 11.4. The van der Waals surface area contributed by atoms with Gasteiger partial charge in [-0.1, -0.05) is 0 Å². The van der Waals surface area contributed by atoms with E-state index in [2.05, 4.69) is 10.2 Å². The van der Waals surface area contributed by atoms with Gasteiger partial charge >= 0.3 is 0 Å². The molecule has 5 heteroatoms. The third kappa shape index (κ3) is 4.41. The van der Waals surface area contributed by atoms with Crippen LogP contribution < -0.4 is 5.32 Å². The average molecular weight is 276 g/mol. The fourth-order valence-corrected chi connectivity index (χ4v) is 2.81. The third-order valence-corrected chi connectivity index (χ3v) is 4.06. The molecule has 0 atom stereocenters. The van der Waals surface area contributed by atoms with Crippen molar-refractivity contribution in [1.29, 1.82) is 0 Å². The molecule has 0 bridgehead atoms. The van der Waals surface area contributed by atoms with Crippen LogP contribution in [0.2, 0.25) is 0 Å². The summed E-state index contributed by atoms with van der Waals surface area (Å²) in [6.45, 7) is 4.71. The molecule has 4 nitrogen and oxygen atoms in total. The minimum absolute atomic E-state index is 0. The molecule has 0 saturated carbocycles. The van der Waals surface area contributed by atoms with E-state index in [4.69, 9.17) is 0 Å². The van der Waals surface area contributed by atoms with Crippen LogP contribution in [-0.4, -0.2) is 61.5 Å². The van der Waals surface area contributed by atoms with Gasteiger partial charge in [0.15, 0.2) is 0 Å². The van der Waals surface area contributed by atoms with Crippen LogP contribution in [0.25, 0.3) is 0 Å². The first-order valence-electron chi connectivity index (χ1n) is 6.97. The number of likely N-dealkylation sites (tertiary alicyclic amines) is 2. The van der Waals surface area contributed by atoms with Gasteiger partial charge in [-0.3, -0.25) is 9.69 Å². The third-order valence-electron chi connectivity index (χ3n) is 4.06. The van der Waals surface area contributed by atoms with E-state index >= 15 is 0 Å². The van der Waals surface area contributed by atoms with Crippen molar-refractivity contribution < 1.29 is 4.79 Å². The highest BCUT2D eigenvalue weighted by molar-refractivity contribution is 5.85. The van der Waals surface area contributed by atoms with Gasteiger partial charge in [0, 0.05) is 32.2 Å². The van der Waals surface area contributed by atoms with Crippen molar-refractivity contribution in [3.63, 3.8) is 0 Å². The lowest BCUT2D eigenvalue weighted by Gasteiger charge is -2.34. The molecule has 0 aromatic rings. The van der Waals surface area contributed by atoms with Gasteiger partial charge in [-0.15, -0.1) is 12.4 Å². The second-order valence-corrected chi connectivity index (χ2v) is 5.28. The number of piperidine rings is 2. The summed E-state index contributed by atoms with van der Waals surface area (Å²) in [7, 11) is 2.03. The molecule has 106 valence electrons. The SMILES string of the molecule is CNC1CCN(CC(=O)N2CCCCC2)CC1.Cl. The zero-order chi connectivity index (χ0) is 12.1. The summed E-state index contributed by atoms with van der Waals surface area (Å²) in [5.41, 5.74) is 0. The van der Waals surface area contributed by atoms with Crippen LogP contribution in [0.15, 0.2) is 0 Å². The lowest BCUT2D eigenvalue weighted by molar-refractivity contribution is -0.133. The van der Waals surface area contributed by atoms with Crippen molar-refractivity contribution in [3.05, 3.63) is 0 Å². The maximum atomic E-state index is 12.1. The van der Waals surface area contributed by atoms with Crippen LogP contribution in [0.3, 0.4) is 0 Å². The summed E-state index contributed by atoms with van der Waals surface area (Å²) >= 11 is 0. The second kappa shape index (κ2) is 7.97. The van der Waals surface area contributed by atoms with Gasteiger partial charge in [-0.25, -0.2) is 0 Å². The Balaban J connectivity index is 0.00000162. The molecule has 2 fully saturated rings. The number of nitrogens with zero attached hydrogens (tertiary/aromatic N) is 2. The molecule has 2 heterocycles. The standard InChI is InChI=1S/C13H25N3O.ClH/c1-14-12-5-9-15(10-6-12)11-13(17)16-7-3-2-4-8-16;/h12,14H,2-11H2,1H3;1H. The molecule has 1 N–H and O–H groups in total. The largest absolute Gasteiger partial charge is 0.342 e. The highest BCUT2D eigenvalue weighted by Crippen LogP contribution is 2.12. The van der Waals surface area contributed by atoms with E-state index in [1.54, 1.807) is 0 Å². The molecule has 2 aliphatic heterocycles. The Labute approximate surface area is 116 Å². The minimum Gasteiger partial charge on any atom is -0.342 e. The molecule has 2 rings (SSSR count). The van der Waals surface area contributed by atoms with E-state index in [1.165, 1.54) is 32.1 Å². The highest BCUT2D eigenvalue weighted by Gasteiger charge is 2.22. The summed E-state index contributed by atoms with van der Waals surface area (Å²) in [6, 6.07) is 0.649. The summed E-state index contributed by atoms with van der Waals surface area (Å²) < 4.78 is 0. The Morgan fingerprint density at radius 3 is 2.28 bits per heavy atom. The first kappa shape index (κ1) is 15.7. The van der Waals surface area contributed by atoms with Gasteiger partial charge in [0.25, 0.3) is 0 Å². The van der Waals surface area contributed by atoms with Gasteiger partial charge < -0.3 is 10.2 Å². The van der Waals surface area contributed by atoms with Crippen molar-refractivity contribution in [3.8, 4) is 0 Å². The van der Waals surface area contributed by atoms with Crippen molar-refractivity contribution in [2.45, 2.75) is 38.1 Å². The smallest absolute Gasteiger partial charge is 0.236 e. The summed E-state index contributed by atoms with van der Waals surface area (Å²) in [5.74, 6) is 0.340. The molecular weight excluding hydrogens is 250 g/mol. The second-order valence-electron chi connectivity index (χ2n) is 5.28. The van der Waals surface area contributed by atoms with Crippen molar-refractivity contribution in [1.82, 2.24) is 15.1 Å². The molecule has 0 aliphatic carbocycles. The Kier molecular flexibility index (Phi) is 6.97. The topological polar surface area (TPSA) is 35.6 Å². The fourth-order valence-electron chi connectivity index (χ4n) is 2.81. The molecule has 0 aromatic carbocycles. The Morgan fingerprint density at radius 2 is 1.72 bits per heavy atom. The molecule has 0 radical (unpaired) electrons. The first-order chi connectivity index (χ1) is 8.29. The van der Waals surface area contributed by atoms with Crippen LogP contribution in [-0.2, 0) is 4.79 Å². The number of nitrogens with one attached hydrogen (secondary N) is 1. The number of rotatable bonds is 3. The zero-order valence-corrected chi connectivity index (χ0v) is 12.2. The van der Waals surface area contributed by atoms with Crippen LogP contribution in [0, 0.1) is 0 Å². The molecule has 18 heavy (non-hydrogen) atoms. The lowest BCUT2D eigenvalue weighted by atomic mass is 10.1. The van der Waals surface area contributed by atoms with Gasteiger partial charge in [-0.05, 0) is 39.2 Å². The van der Waals surface area contributed by atoms with E-state index in [0.717, 1.165) is 26.2 Å². The van der Waals surface area contributed by atoms with Crippen LogP contribution in [0.4, 0.5) is 0 Å². The van der Waals surface area contributed by atoms with E-state index in [0.29, 0.717) is 18.5 Å². The average Bonchev–Trinajstić information content (AvgIpc) is 2.40. The van der Waals surface area contributed by atoms with Gasteiger partial charge in [-0.2, -0.15) is 0 Å². The van der Waals surface area contributed by atoms with E-state index in [1.807, 2.05) is 11.9 Å². The van der Waals surface area contributed by atoms with Gasteiger partial charge in [0.2, 0.25) is 5.91 Å². The van der Waals surface area contributed by atoms with Crippen LogP contribution in [0.5, 0.6) is 0 Å². The maximum absolute atomic E-state index is 12.1. The number of hydrogen-bond acceptors (Lipinski definition) is 3. The van der Waals surface area contributed by atoms with Crippen LogP contribution in [0.1, 0.15) is 32.1 Å². The van der Waals surface area contributed by atoms with Crippen molar-refractivity contribution in [2.75, 3.05) is 39.8 Å². The molecule has 0 aromatic heterocycles. The molecule has 2 saturated heterocycles. The van der Waals surface area contributed by atoms with Crippen LogP contribution >= 0.6 is 12.4 Å². The summed E-state index contributed by atoms with van der Waals surface area (Å²) in [6.07, 6.45) is 6.01. The van der Waals surface area contributed by atoms with Gasteiger partial charge in [0.1, 0.15) is 0 Å². The number of amides is 1. The number of carbonyl (C=O) groups excluding carboxylic acids is 1. The monoisotopic (exact) mass is 275 g/mol. The lowest BCUT2D eigenvalue weighted by Crippen LogP contribution is -2.47. The fraction of sp³-hybridized carbons (Fsp3) is 0.923. The normalized spacial score (nSPS) is 22.6. The predicted molar refractivity (Wildman–Crippen MR) is 76.2 cm³/mol. The Morgan fingerprint density at radius 1 is 1.11 bits per heavy atom. The van der Waals surface area contributed by atoms with E-state index < -0.39 is 0 Å². The molecular formula is C13H26ClN3O. The molecule has 0 unspecified atom stereocenters. The molecule has 0 spiro atoms. The highest BCUT2D eigenvalue weighted by atomic mass is 35.5. The molecule has 1 amide bonds. The Bertz CT molecular complexity index is 249. The molecule has 2 aliphatic rings. The van der Waals surface area contributed by atoms with Crippen molar-refractivity contribution in [2.24, 2.45) is 0 Å². The van der Waals surface area contributed by atoms with Crippen molar-refractivity contribution >= 4 is 18.3 Å². The minimum atomic E-state index is 0. The summed E-state index contributed by atoms with van der Waals surface area (Å²) in [5, 5.41) is 3.32. The number of carbonyl (C=O) groups is 1. The number of hydrogen-bond donors (Lipinski definition) is 1.